The molecule has 3 heteroatoms. The third-order valence-corrected chi connectivity index (χ3v) is 2.80. The van der Waals surface area contributed by atoms with Gasteiger partial charge in [0.1, 0.15) is 0 Å². The normalized spacial score (nSPS) is 14.9. The van der Waals surface area contributed by atoms with Crippen molar-refractivity contribution in [3.05, 3.63) is 34.9 Å². The summed E-state index contributed by atoms with van der Waals surface area (Å²) in [5, 5.41) is 0.739. The van der Waals surface area contributed by atoms with Crippen LogP contribution < -0.4 is 5.73 Å². The Kier molecular flexibility index (Phi) is 5.09. The van der Waals surface area contributed by atoms with E-state index in [1.165, 1.54) is 0 Å². The first-order chi connectivity index (χ1) is 7.13. The number of methoxy groups -OCH3 is 1. The smallest absolute Gasteiger partial charge is 0.0543 e. The van der Waals surface area contributed by atoms with Gasteiger partial charge in [-0.2, -0.15) is 0 Å². The predicted molar refractivity (Wildman–Crippen MR) is 64.1 cm³/mol. The maximum absolute atomic E-state index is 6.05. The van der Waals surface area contributed by atoms with E-state index < -0.39 is 0 Å². The quantitative estimate of drug-likeness (QED) is 0.839. The second-order valence-electron chi connectivity index (χ2n) is 3.79. The minimum atomic E-state index is 0.0429. The summed E-state index contributed by atoms with van der Waals surface area (Å²) >= 11 is 5.90. The zero-order valence-corrected chi connectivity index (χ0v) is 10.00. The number of ether oxygens (including phenoxy) is 1. The van der Waals surface area contributed by atoms with Gasteiger partial charge in [0.25, 0.3) is 0 Å². The Morgan fingerprint density at radius 1 is 1.40 bits per heavy atom. The van der Waals surface area contributed by atoms with E-state index in [4.69, 9.17) is 22.1 Å². The van der Waals surface area contributed by atoms with Gasteiger partial charge in [0, 0.05) is 18.2 Å². The maximum Gasteiger partial charge on any atom is 0.0543 e. The molecule has 0 radical (unpaired) electrons. The van der Waals surface area contributed by atoms with Crippen molar-refractivity contribution in [1.29, 1.82) is 0 Å². The van der Waals surface area contributed by atoms with Crippen molar-refractivity contribution in [2.45, 2.75) is 31.9 Å². The van der Waals surface area contributed by atoms with E-state index in [0.717, 1.165) is 23.4 Å². The highest BCUT2D eigenvalue weighted by molar-refractivity contribution is 6.30. The fraction of sp³-hybridized carbons (Fsp3) is 0.500. The molecular formula is C12H18ClNO. The molecule has 15 heavy (non-hydrogen) atoms. The molecule has 0 aliphatic rings. The largest absolute Gasteiger partial charge is 0.382 e. The summed E-state index contributed by atoms with van der Waals surface area (Å²) in [5.41, 5.74) is 7.14. The van der Waals surface area contributed by atoms with Crippen molar-refractivity contribution >= 4 is 11.6 Å². The van der Waals surface area contributed by atoms with E-state index in [9.17, 15) is 0 Å². The van der Waals surface area contributed by atoms with Gasteiger partial charge in [0.15, 0.2) is 0 Å². The average molecular weight is 228 g/mol. The highest BCUT2D eigenvalue weighted by Crippen LogP contribution is 2.20. The summed E-state index contributed by atoms with van der Waals surface area (Å²) in [6.45, 7) is 2.05. The molecule has 0 amide bonds. The van der Waals surface area contributed by atoms with Gasteiger partial charge in [-0.25, -0.2) is 0 Å². The Hall–Kier alpha value is -0.570. The van der Waals surface area contributed by atoms with Gasteiger partial charge >= 0.3 is 0 Å². The van der Waals surface area contributed by atoms with Crippen molar-refractivity contribution in [3.63, 3.8) is 0 Å². The predicted octanol–water partition coefficient (Wildman–Crippen LogP) is 3.15. The van der Waals surface area contributed by atoms with Crippen molar-refractivity contribution in [3.8, 4) is 0 Å². The molecule has 0 saturated carbocycles. The number of hydrogen-bond acceptors (Lipinski definition) is 2. The first-order valence-corrected chi connectivity index (χ1v) is 5.55. The van der Waals surface area contributed by atoms with Crippen molar-refractivity contribution in [2.24, 2.45) is 5.73 Å². The van der Waals surface area contributed by atoms with Crippen LogP contribution in [0.5, 0.6) is 0 Å². The molecule has 2 N–H and O–H groups in total. The fourth-order valence-electron chi connectivity index (χ4n) is 1.44. The van der Waals surface area contributed by atoms with Crippen molar-refractivity contribution < 1.29 is 4.74 Å². The van der Waals surface area contributed by atoms with Crippen LogP contribution in [0.2, 0.25) is 5.02 Å². The molecule has 0 saturated heterocycles. The molecule has 1 rings (SSSR count). The summed E-state index contributed by atoms with van der Waals surface area (Å²) < 4.78 is 5.18. The van der Waals surface area contributed by atoms with Crippen molar-refractivity contribution in [1.82, 2.24) is 0 Å². The van der Waals surface area contributed by atoms with E-state index in [1.54, 1.807) is 7.11 Å². The molecule has 0 bridgehead atoms. The molecule has 0 aromatic heterocycles. The van der Waals surface area contributed by atoms with Gasteiger partial charge in [-0.1, -0.05) is 23.7 Å². The van der Waals surface area contributed by atoms with Gasteiger partial charge in [0.05, 0.1) is 6.10 Å². The SMILES string of the molecule is COC(C)CCC(N)c1cccc(Cl)c1. The second-order valence-corrected chi connectivity index (χ2v) is 4.22. The van der Waals surface area contributed by atoms with Crippen LogP contribution in [0, 0.1) is 0 Å². The Balaban J connectivity index is 2.50. The number of hydrogen-bond donors (Lipinski definition) is 1. The zero-order valence-electron chi connectivity index (χ0n) is 9.24. The fourth-order valence-corrected chi connectivity index (χ4v) is 1.63. The Bertz CT molecular complexity index is 303. The average Bonchev–Trinajstić information content (AvgIpc) is 2.25. The van der Waals surface area contributed by atoms with Crippen LogP contribution in [0.1, 0.15) is 31.4 Å². The lowest BCUT2D eigenvalue weighted by atomic mass is 10.0. The van der Waals surface area contributed by atoms with E-state index in [1.807, 2.05) is 31.2 Å². The van der Waals surface area contributed by atoms with Crippen LogP contribution in [0.15, 0.2) is 24.3 Å². The minimum absolute atomic E-state index is 0.0429. The summed E-state index contributed by atoms with van der Waals surface area (Å²) in [5.74, 6) is 0. The van der Waals surface area contributed by atoms with Crippen LogP contribution in [-0.2, 0) is 4.74 Å². The molecule has 0 heterocycles. The van der Waals surface area contributed by atoms with Crippen LogP contribution in [0.4, 0.5) is 0 Å². The lowest BCUT2D eigenvalue weighted by Gasteiger charge is -2.15. The Labute approximate surface area is 96.4 Å². The second kappa shape index (κ2) is 6.11. The molecular weight excluding hydrogens is 210 g/mol. The van der Waals surface area contributed by atoms with Gasteiger partial charge in [-0.3, -0.25) is 0 Å². The summed E-state index contributed by atoms with van der Waals surface area (Å²) in [7, 11) is 1.72. The summed E-state index contributed by atoms with van der Waals surface area (Å²) in [6, 6.07) is 7.76. The number of rotatable bonds is 5. The van der Waals surface area contributed by atoms with E-state index >= 15 is 0 Å². The van der Waals surface area contributed by atoms with E-state index in [-0.39, 0.29) is 12.1 Å². The van der Waals surface area contributed by atoms with Crippen LogP contribution in [0.25, 0.3) is 0 Å². The summed E-state index contributed by atoms with van der Waals surface area (Å²) in [4.78, 5) is 0. The van der Waals surface area contributed by atoms with E-state index in [0.29, 0.717) is 0 Å². The Morgan fingerprint density at radius 2 is 2.13 bits per heavy atom. The molecule has 0 aliphatic heterocycles. The molecule has 0 spiro atoms. The van der Waals surface area contributed by atoms with Crippen LogP contribution in [-0.4, -0.2) is 13.2 Å². The minimum Gasteiger partial charge on any atom is -0.382 e. The third-order valence-electron chi connectivity index (χ3n) is 2.56. The lowest BCUT2D eigenvalue weighted by molar-refractivity contribution is 0.107. The van der Waals surface area contributed by atoms with Crippen LogP contribution >= 0.6 is 11.6 Å². The maximum atomic E-state index is 6.05. The van der Waals surface area contributed by atoms with Gasteiger partial charge in [-0.05, 0) is 37.5 Å². The first kappa shape index (κ1) is 12.5. The first-order valence-electron chi connectivity index (χ1n) is 5.17. The molecule has 0 aliphatic carbocycles. The molecule has 1 aromatic rings. The van der Waals surface area contributed by atoms with Crippen molar-refractivity contribution in [2.75, 3.05) is 7.11 Å². The lowest BCUT2D eigenvalue weighted by Crippen LogP contribution is -2.14. The van der Waals surface area contributed by atoms with Gasteiger partial charge in [-0.15, -0.1) is 0 Å². The Morgan fingerprint density at radius 3 is 2.73 bits per heavy atom. The zero-order chi connectivity index (χ0) is 11.3. The third kappa shape index (κ3) is 4.20. The highest BCUT2D eigenvalue weighted by Gasteiger charge is 2.08. The van der Waals surface area contributed by atoms with Gasteiger partial charge < -0.3 is 10.5 Å². The van der Waals surface area contributed by atoms with Gasteiger partial charge in [0.2, 0.25) is 0 Å². The topological polar surface area (TPSA) is 35.2 Å². The molecule has 2 atom stereocenters. The number of nitrogens with two attached hydrogens (primary N) is 1. The summed E-state index contributed by atoms with van der Waals surface area (Å²) in [6.07, 6.45) is 2.13. The molecule has 0 fully saturated rings. The molecule has 84 valence electrons. The number of benzene rings is 1. The standard InChI is InChI=1S/C12H18ClNO/c1-9(15-2)6-7-12(14)10-4-3-5-11(13)8-10/h3-5,8-9,12H,6-7,14H2,1-2H3. The molecule has 2 unspecified atom stereocenters. The monoisotopic (exact) mass is 227 g/mol. The highest BCUT2D eigenvalue weighted by atomic mass is 35.5. The molecule has 2 nitrogen and oxygen atoms in total. The molecule has 1 aromatic carbocycles. The van der Waals surface area contributed by atoms with Crippen LogP contribution in [0.3, 0.4) is 0 Å². The van der Waals surface area contributed by atoms with E-state index in [2.05, 4.69) is 0 Å². The number of halogens is 1.